The molecule has 0 aliphatic carbocycles. The summed E-state index contributed by atoms with van der Waals surface area (Å²) in [6.07, 6.45) is -1.36. The molecule has 0 unspecified atom stereocenters. The fourth-order valence-corrected chi connectivity index (χ4v) is 2.38. The van der Waals surface area contributed by atoms with Crippen molar-refractivity contribution in [2.75, 3.05) is 0 Å². The quantitative estimate of drug-likeness (QED) is 0.516. The number of nitrogens with zero attached hydrogens (tertiary/aromatic N) is 7. The molecular formula is C16H10ClF2N7O. The molecule has 0 saturated heterocycles. The molecule has 4 rings (SSSR count). The third kappa shape index (κ3) is 3.80. The van der Waals surface area contributed by atoms with Gasteiger partial charge >= 0.3 is 6.43 Å². The molecule has 11 heteroatoms. The molecule has 0 saturated carbocycles. The molecule has 0 spiro atoms. The van der Waals surface area contributed by atoms with E-state index in [1.54, 1.807) is 36.4 Å². The van der Waals surface area contributed by atoms with Gasteiger partial charge in [0.05, 0.1) is 11.3 Å². The summed E-state index contributed by atoms with van der Waals surface area (Å²) in [6.45, 7) is 0.285. The number of benzene rings is 1. The van der Waals surface area contributed by atoms with Gasteiger partial charge in [0.25, 0.3) is 5.89 Å². The maximum absolute atomic E-state index is 12.5. The molecule has 0 amide bonds. The summed E-state index contributed by atoms with van der Waals surface area (Å²) in [5.41, 5.74) is 1.87. The molecule has 4 aromatic rings. The number of tetrazole rings is 1. The van der Waals surface area contributed by atoms with Gasteiger partial charge < -0.3 is 4.42 Å². The minimum Gasteiger partial charge on any atom is -0.415 e. The molecule has 0 atom stereocenters. The Morgan fingerprint density at radius 2 is 1.78 bits per heavy atom. The van der Waals surface area contributed by atoms with Gasteiger partial charge in [0.1, 0.15) is 6.54 Å². The Kier molecular flexibility index (Phi) is 4.55. The van der Waals surface area contributed by atoms with Crippen molar-refractivity contribution in [3.63, 3.8) is 0 Å². The first kappa shape index (κ1) is 17.2. The number of pyridine rings is 1. The number of rotatable bonds is 5. The van der Waals surface area contributed by atoms with Crippen LogP contribution in [0.3, 0.4) is 0 Å². The number of aromatic nitrogens is 7. The first-order chi connectivity index (χ1) is 13.1. The van der Waals surface area contributed by atoms with Gasteiger partial charge in [0.2, 0.25) is 11.7 Å². The topological polar surface area (TPSA) is 95.4 Å². The van der Waals surface area contributed by atoms with Crippen molar-refractivity contribution in [2.45, 2.75) is 13.0 Å². The monoisotopic (exact) mass is 389 g/mol. The Labute approximate surface area is 155 Å². The van der Waals surface area contributed by atoms with Gasteiger partial charge in [0.15, 0.2) is 0 Å². The molecule has 0 aliphatic rings. The molecule has 8 nitrogen and oxygen atoms in total. The SMILES string of the molecule is FC(F)c1nnc(-c2ccc(Cn3nnc(-c4ccc(Cl)cc4)n3)nc2)o1. The lowest BCUT2D eigenvalue weighted by atomic mass is 10.2. The Morgan fingerprint density at radius 1 is 1.00 bits per heavy atom. The molecule has 3 aromatic heterocycles. The Hall–Kier alpha value is -3.27. The van der Waals surface area contributed by atoms with E-state index >= 15 is 0 Å². The van der Waals surface area contributed by atoms with Crippen LogP contribution in [-0.4, -0.2) is 35.4 Å². The lowest BCUT2D eigenvalue weighted by Gasteiger charge is -2.00. The van der Waals surface area contributed by atoms with Crippen molar-refractivity contribution < 1.29 is 13.2 Å². The molecule has 0 bridgehead atoms. The molecule has 1 aromatic carbocycles. The van der Waals surface area contributed by atoms with Crippen LogP contribution in [0, 0.1) is 0 Å². The van der Waals surface area contributed by atoms with Gasteiger partial charge in [-0.05, 0) is 41.6 Å². The predicted octanol–water partition coefficient (Wildman–Crippen LogP) is 3.42. The molecule has 27 heavy (non-hydrogen) atoms. The first-order valence-corrected chi connectivity index (χ1v) is 8.07. The van der Waals surface area contributed by atoms with Crippen LogP contribution in [-0.2, 0) is 6.54 Å². The van der Waals surface area contributed by atoms with E-state index in [9.17, 15) is 8.78 Å². The second kappa shape index (κ2) is 7.16. The van der Waals surface area contributed by atoms with Crippen molar-refractivity contribution in [1.29, 1.82) is 0 Å². The maximum Gasteiger partial charge on any atom is 0.314 e. The first-order valence-electron chi connectivity index (χ1n) is 7.69. The Balaban J connectivity index is 1.48. The summed E-state index contributed by atoms with van der Waals surface area (Å²) in [7, 11) is 0. The summed E-state index contributed by atoms with van der Waals surface area (Å²) in [6, 6.07) is 10.4. The zero-order valence-corrected chi connectivity index (χ0v) is 14.3. The lowest BCUT2D eigenvalue weighted by molar-refractivity contribution is 0.116. The maximum atomic E-state index is 12.5. The Morgan fingerprint density at radius 3 is 2.44 bits per heavy atom. The fraction of sp³-hybridized carbons (Fsp3) is 0.125. The van der Waals surface area contributed by atoms with Crippen LogP contribution in [0.5, 0.6) is 0 Å². The molecular weight excluding hydrogens is 380 g/mol. The minimum absolute atomic E-state index is 0.0201. The van der Waals surface area contributed by atoms with Crippen molar-refractivity contribution in [1.82, 2.24) is 35.4 Å². The zero-order valence-electron chi connectivity index (χ0n) is 13.5. The fourth-order valence-electron chi connectivity index (χ4n) is 2.25. The van der Waals surface area contributed by atoms with Gasteiger partial charge in [-0.25, -0.2) is 0 Å². The van der Waals surface area contributed by atoms with Crippen LogP contribution in [0.2, 0.25) is 5.02 Å². The highest BCUT2D eigenvalue weighted by Crippen LogP contribution is 2.23. The highest BCUT2D eigenvalue weighted by molar-refractivity contribution is 6.30. The highest BCUT2D eigenvalue weighted by Gasteiger charge is 2.17. The third-order valence-corrected chi connectivity index (χ3v) is 3.81. The molecule has 3 heterocycles. The van der Waals surface area contributed by atoms with Gasteiger partial charge in [0, 0.05) is 16.8 Å². The molecule has 0 radical (unpaired) electrons. The van der Waals surface area contributed by atoms with Crippen molar-refractivity contribution >= 4 is 11.6 Å². The predicted molar refractivity (Wildman–Crippen MR) is 89.9 cm³/mol. The van der Waals surface area contributed by atoms with E-state index in [2.05, 4.69) is 30.6 Å². The number of hydrogen-bond donors (Lipinski definition) is 0. The van der Waals surface area contributed by atoms with Crippen LogP contribution in [0.4, 0.5) is 8.78 Å². The van der Waals surface area contributed by atoms with Crippen molar-refractivity contribution in [2.24, 2.45) is 0 Å². The molecule has 0 N–H and O–H groups in total. The second-order valence-electron chi connectivity index (χ2n) is 5.43. The minimum atomic E-state index is -2.81. The summed E-state index contributed by atoms with van der Waals surface area (Å²) in [5, 5.41) is 19.8. The van der Waals surface area contributed by atoms with Crippen LogP contribution >= 0.6 is 11.6 Å². The van der Waals surface area contributed by atoms with Gasteiger partial charge in [-0.2, -0.15) is 13.6 Å². The smallest absolute Gasteiger partial charge is 0.314 e. The highest BCUT2D eigenvalue weighted by atomic mass is 35.5. The van der Waals surface area contributed by atoms with Crippen molar-refractivity contribution in [3.8, 4) is 22.8 Å². The summed E-state index contributed by atoms with van der Waals surface area (Å²) in [4.78, 5) is 5.63. The van der Waals surface area contributed by atoms with E-state index in [4.69, 9.17) is 16.0 Å². The number of halogens is 3. The van der Waals surface area contributed by atoms with Crippen LogP contribution in [0.15, 0.2) is 47.0 Å². The largest absolute Gasteiger partial charge is 0.415 e. The van der Waals surface area contributed by atoms with Crippen LogP contribution < -0.4 is 0 Å². The van der Waals surface area contributed by atoms with Gasteiger partial charge in [-0.1, -0.05) is 11.6 Å². The number of alkyl halides is 2. The Bertz CT molecular complexity index is 1050. The summed E-state index contributed by atoms with van der Waals surface area (Å²) < 4.78 is 29.9. The van der Waals surface area contributed by atoms with E-state index in [-0.39, 0.29) is 12.4 Å². The van der Waals surface area contributed by atoms with Crippen molar-refractivity contribution in [3.05, 3.63) is 59.2 Å². The average molecular weight is 390 g/mol. The average Bonchev–Trinajstić information content (AvgIpc) is 3.33. The molecule has 136 valence electrons. The van der Waals surface area contributed by atoms with E-state index < -0.39 is 12.3 Å². The normalized spacial score (nSPS) is 11.3. The second-order valence-corrected chi connectivity index (χ2v) is 5.87. The van der Waals surface area contributed by atoms with Gasteiger partial charge in [-0.15, -0.1) is 20.4 Å². The molecule has 0 fully saturated rings. The van der Waals surface area contributed by atoms with Crippen LogP contribution in [0.25, 0.3) is 22.8 Å². The van der Waals surface area contributed by atoms with E-state index in [0.717, 1.165) is 5.56 Å². The standard InChI is InChI=1S/C16H10ClF2N7O/c17-11-4-1-9(2-5-11)14-21-25-26(24-14)8-12-6-3-10(7-20-12)15-22-23-16(27-15)13(18)19/h1-7,13H,8H2. The van der Waals surface area contributed by atoms with Gasteiger partial charge in [-0.3, -0.25) is 4.98 Å². The summed E-state index contributed by atoms with van der Waals surface area (Å²) >= 11 is 5.86. The van der Waals surface area contributed by atoms with E-state index in [1.807, 2.05) is 0 Å². The number of hydrogen-bond acceptors (Lipinski definition) is 7. The molecule has 0 aliphatic heterocycles. The van der Waals surface area contributed by atoms with Crippen LogP contribution in [0.1, 0.15) is 18.0 Å². The lowest BCUT2D eigenvalue weighted by Crippen LogP contribution is -2.05. The zero-order chi connectivity index (χ0) is 18.8. The third-order valence-electron chi connectivity index (χ3n) is 3.56. The van der Waals surface area contributed by atoms with E-state index in [0.29, 0.717) is 22.1 Å². The van der Waals surface area contributed by atoms with E-state index in [1.165, 1.54) is 11.0 Å². The summed E-state index contributed by atoms with van der Waals surface area (Å²) in [5.74, 6) is -0.280.